The van der Waals surface area contributed by atoms with Crippen LogP contribution in [-0.4, -0.2) is 29.8 Å². The highest BCUT2D eigenvalue weighted by atomic mass is 16.5. The van der Waals surface area contributed by atoms with Crippen molar-refractivity contribution in [3.63, 3.8) is 0 Å². The summed E-state index contributed by atoms with van der Waals surface area (Å²) in [6.45, 7) is 4.00. The largest absolute Gasteiger partial charge is 0.483 e. The lowest BCUT2D eigenvalue weighted by Gasteiger charge is -2.36. The van der Waals surface area contributed by atoms with E-state index >= 15 is 0 Å². The van der Waals surface area contributed by atoms with E-state index in [1.165, 1.54) is 6.42 Å². The van der Waals surface area contributed by atoms with Gasteiger partial charge in [-0.05, 0) is 43.9 Å². The van der Waals surface area contributed by atoms with E-state index in [-0.39, 0.29) is 19.1 Å². The second-order valence-electron chi connectivity index (χ2n) is 6.03. The quantitative estimate of drug-likeness (QED) is 0.876. The van der Waals surface area contributed by atoms with E-state index in [9.17, 15) is 9.90 Å². The number of rotatable bonds is 5. The van der Waals surface area contributed by atoms with Gasteiger partial charge in [0.1, 0.15) is 5.75 Å². The van der Waals surface area contributed by atoms with Crippen molar-refractivity contribution in [2.45, 2.75) is 51.5 Å². The van der Waals surface area contributed by atoms with Crippen LogP contribution in [0.1, 0.15) is 43.2 Å². The van der Waals surface area contributed by atoms with Crippen LogP contribution in [0.15, 0.2) is 18.2 Å². The minimum Gasteiger partial charge on any atom is -0.483 e. The first-order valence-corrected chi connectivity index (χ1v) is 7.67. The predicted molar refractivity (Wildman–Crippen MR) is 82.5 cm³/mol. The van der Waals surface area contributed by atoms with Crippen molar-refractivity contribution in [3.05, 3.63) is 29.3 Å². The minimum atomic E-state index is -0.444. The number of aliphatic hydroxyl groups excluding tert-OH is 1. The highest BCUT2D eigenvalue weighted by molar-refractivity contribution is 5.78. The van der Waals surface area contributed by atoms with Crippen LogP contribution in [-0.2, 0) is 4.79 Å². The lowest BCUT2D eigenvalue weighted by Crippen LogP contribution is -2.53. The smallest absolute Gasteiger partial charge is 0.258 e. The summed E-state index contributed by atoms with van der Waals surface area (Å²) >= 11 is 0. The van der Waals surface area contributed by atoms with Crippen LogP contribution >= 0.6 is 0 Å². The zero-order valence-electron chi connectivity index (χ0n) is 12.9. The first-order chi connectivity index (χ1) is 10.1. The summed E-state index contributed by atoms with van der Waals surface area (Å²) in [6, 6.07) is 5.81. The topological polar surface area (TPSA) is 58.6 Å². The molecular weight excluding hydrogens is 266 g/mol. The Hall–Kier alpha value is -1.55. The molecule has 0 atom stereocenters. The molecule has 0 radical (unpaired) electrons. The third-order valence-corrected chi connectivity index (χ3v) is 4.43. The normalized spacial score (nSPS) is 17.3. The molecule has 21 heavy (non-hydrogen) atoms. The van der Waals surface area contributed by atoms with E-state index in [1.807, 2.05) is 32.0 Å². The van der Waals surface area contributed by atoms with E-state index < -0.39 is 5.54 Å². The minimum absolute atomic E-state index is 0.00220. The molecule has 1 aliphatic carbocycles. The van der Waals surface area contributed by atoms with E-state index in [2.05, 4.69) is 5.32 Å². The molecule has 2 rings (SSSR count). The van der Waals surface area contributed by atoms with Crippen LogP contribution < -0.4 is 10.1 Å². The SMILES string of the molecule is Cc1cccc(OCC(=O)NC2(CO)CCCCC2)c1C. The molecule has 0 bridgehead atoms. The van der Waals surface area contributed by atoms with Gasteiger partial charge in [0.25, 0.3) is 5.91 Å². The van der Waals surface area contributed by atoms with Gasteiger partial charge in [0.2, 0.25) is 0 Å². The second kappa shape index (κ2) is 6.94. The van der Waals surface area contributed by atoms with Crippen molar-refractivity contribution in [2.75, 3.05) is 13.2 Å². The molecule has 1 saturated carbocycles. The summed E-state index contributed by atoms with van der Waals surface area (Å²) in [5.74, 6) is 0.582. The van der Waals surface area contributed by atoms with Gasteiger partial charge in [0.15, 0.2) is 6.61 Å². The average Bonchev–Trinajstić information content (AvgIpc) is 2.50. The molecule has 0 unspecified atom stereocenters. The van der Waals surface area contributed by atoms with Crippen molar-refractivity contribution < 1.29 is 14.6 Å². The maximum absolute atomic E-state index is 12.1. The Morgan fingerprint density at radius 2 is 2.00 bits per heavy atom. The highest BCUT2D eigenvalue weighted by Crippen LogP contribution is 2.27. The molecule has 0 heterocycles. The number of benzene rings is 1. The molecular formula is C17H25NO3. The van der Waals surface area contributed by atoms with Crippen molar-refractivity contribution in [2.24, 2.45) is 0 Å². The molecule has 0 saturated heterocycles. The van der Waals surface area contributed by atoms with Gasteiger partial charge in [0, 0.05) is 0 Å². The number of aliphatic hydroxyl groups is 1. The monoisotopic (exact) mass is 291 g/mol. The molecule has 0 aromatic heterocycles. The molecule has 2 N–H and O–H groups in total. The van der Waals surface area contributed by atoms with E-state index in [4.69, 9.17) is 4.74 Å². The maximum atomic E-state index is 12.1. The Labute approximate surface area is 126 Å². The zero-order chi connectivity index (χ0) is 15.3. The molecule has 1 fully saturated rings. The van der Waals surface area contributed by atoms with Crippen LogP contribution in [0, 0.1) is 13.8 Å². The Balaban J connectivity index is 1.91. The third-order valence-electron chi connectivity index (χ3n) is 4.43. The van der Waals surface area contributed by atoms with Crippen LogP contribution in [0.5, 0.6) is 5.75 Å². The molecule has 1 amide bonds. The van der Waals surface area contributed by atoms with Gasteiger partial charge in [-0.15, -0.1) is 0 Å². The Kier molecular flexibility index (Phi) is 5.23. The van der Waals surface area contributed by atoms with Gasteiger partial charge in [-0.2, -0.15) is 0 Å². The Morgan fingerprint density at radius 3 is 2.67 bits per heavy atom. The maximum Gasteiger partial charge on any atom is 0.258 e. The molecule has 4 nitrogen and oxygen atoms in total. The lowest BCUT2D eigenvalue weighted by atomic mass is 9.82. The summed E-state index contributed by atoms with van der Waals surface area (Å²) < 4.78 is 5.62. The molecule has 0 spiro atoms. The number of carbonyl (C=O) groups excluding carboxylic acids is 1. The molecule has 1 aromatic carbocycles. The number of aryl methyl sites for hydroxylation is 1. The standard InChI is InChI=1S/C17H25NO3/c1-13-7-6-8-15(14(13)2)21-11-16(20)18-17(12-19)9-4-3-5-10-17/h6-8,19H,3-5,9-12H2,1-2H3,(H,18,20). The van der Waals surface area contributed by atoms with Crippen LogP contribution in [0.3, 0.4) is 0 Å². The predicted octanol–water partition coefficient (Wildman–Crippen LogP) is 2.49. The molecule has 0 aliphatic heterocycles. The van der Waals surface area contributed by atoms with Gasteiger partial charge in [-0.3, -0.25) is 4.79 Å². The zero-order valence-corrected chi connectivity index (χ0v) is 12.9. The summed E-state index contributed by atoms with van der Waals surface area (Å²) in [4.78, 5) is 12.1. The molecule has 1 aliphatic rings. The second-order valence-corrected chi connectivity index (χ2v) is 6.03. The van der Waals surface area contributed by atoms with Crippen molar-refractivity contribution in [3.8, 4) is 5.75 Å². The summed E-state index contributed by atoms with van der Waals surface area (Å²) in [6.07, 6.45) is 4.98. The van der Waals surface area contributed by atoms with Gasteiger partial charge in [-0.25, -0.2) is 0 Å². The Bertz CT molecular complexity index is 493. The molecule has 4 heteroatoms. The van der Waals surface area contributed by atoms with Crippen LogP contribution in [0.25, 0.3) is 0 Å². The van der Waals surface area contributed by atoms with Crippen LogP contribution in [0.2, 0.25) is 0 Å². The molecule has 116 valence electrons. The first kappa shape index (κ1) is 15.8. The van der Waals surface area contributed by atoms with E-state index in [0.29, 0.717) is 0 Å². The third kappa shape index (κ3) is 3.97. The lowest BCUT2D eigenvalue weighted by molar-refractivity contribution is -0.126. The van der Waals surface area contributed by atoms with Gasteiger partial charge in [0.05, 0.1) is 12.1 Å². The first-order valence-electron chi connectivity index (χ1n) is 7.67. The summed E-state index contributed by atoms with van der Waals surface area (Å²) in [5, 5.41) is 12.6. The van der Waals surface area contributed by atoms with Crippen LogP contribution in [0.4, 0.5) is 0 Å². The van der Waals surface area contributed by atoms with Crippen molar-refractivity contribution in [1.82, 2.24) is 5.32 Å². The van der Waals surface area contributed by atoms with Crippen molar-refractivity contribution >= 4 is 5.91 Å². The van der Waals surface area contributed by atoms with Gasteiger partial charge >= 0.3 is 0 Å². The van der Waals surface area contributed by atoms with E-state index in [0.717, 1.165) is 42.6 Å². The fourth-order valence-corrected chi connectivity index (χ4v) is 2.91. The number of hydrogen-bond donors (Lipinski definition) is 2. The fraction of sp³-hybridized carbons (Fsp3) is 0.588. The summed E-state index contributed by atoms with van der Waals surface area (Å²) in [7, 11) is 0. The van der Waals surface area contributed by atoms with Crippen molar-refractivity contribution in [1.29, 1.82) is 0 Å². The number of amides is 1. The Morgan fingerprint density at radius 1 is 1.29 bits per heavy atom. The molecule has 1 aromatic rings. The number of ether oxygens (including phenoxy) is 1. The average molecular weight is 291 g/mol. The number of carbonyl (C=O) groups is 1. The fourth-order valence-electron chi connectivity index (χ4n) is 2.91. The van der Waals surface area contributed by atoms with Gasteiger partial charge in [-0.1, -0.05) is 31.4 Å². The highest BCUT2D eigenvalue weighted by Gasteiger charge is 2.32. The number of nitrogens with one attached hydrogen (secondary N) is 1. The number of hydrogen-bond acceptors (Lipinski definition) is 3. The summed E-state index contributed by atoms with van der Waals surface area (Å²) in [5.41, 5.74) is 1.76. The van der Waals surface area contributed by atoms with E-state index in [1.54, 1.807) is 0 Å². The van der Waals surface area contributed by atoms with Gasteiger partial charge < -0.3 is 15.2 Å².